The average molecular weight is 359 g/mol. The number of likely N-dealkylation sites (tertiary alicyclic amines) is 1. The van der Waals surface area contributed by atoms with E-state index in [-0.39, 0.29) is 11.9 Å². The predicted octanol–water partition coefficient (Wildman–Crippen LogP) is 2.22. The molecule has 0 saturated carbocycles. The lowest BCUT2D eigenvalue weighted by molar-refractivity contribution is -0.127. The molecule has 1 amide bonds. The molecule has 1 aliphatic heterocycles. The summed E-state index contributed by atoms with van der Waals surface area (Å²) in [7, 11) is 0. The largest absolute Gasteiger partial charge is 0.374 e. The summed E-state index contributed by atoms with van der Waals surface area (Å²) in [4.78, 5) is 14.9. The first-order valence-corrected chi connectivity index (χ1v) is 9.67. The van der Waals surface area contributed by atoms with Crippen molar-refractivity contribution in [3.05, 3.63) is 40.9 Å². The van der Waals surface area contributed by atoms with Crippen LogP contribution in [0.15, 0.2) is 30.3 Å². The van der Waals surface area contributed by atoms with Crippen LogP contribution in [0.3, 0.4) is 0 Å². The van der Waals surface area contributed by atoms with Crippen molar-refractivity contribution in [1.82, 2.24) is 20.4 Å². The number of rotatable bonds is 7. The average Bonchev–Trinajstić information content (AvgIpc) is 3.05. The first kappa shape index (κ1) is 17.8. The molecular weight excluding hydrogens is 334 g/mol. The molecule has 3 rings (SSSR count). The van der Waals surface area contributed by atoms with Gasteiger partial charge in [-0.1, -0.05) is 48.1 Å². The fourth-order valence-electron chi connectivity index (χ4n) is 3.23. The van der Waals surface area contributed by atoms with Crippen LogP contribution >= 0.6 is 11.3 Å². The van der Waals surface area contributed by atoms with Crippen molar-refractivity contribution in [3.63, 3.8) is 0 Å². The molecule has 1 atom stereocenters. The number of anilines is 1. The molecule has 3 N–H and O–H groups in total. The summed E-state index contributed by atoms with van der Waals surface area (Å²) in [6.07, 6.45) is 4.87. The van der Waals surface area contributed by atoms with E-state index >= 15 is 0 Å². The molecule has 25 heavy (non-hydrogen) atoms. The maximum atomic E-state index is 12.6. The first-order valence-electron chi connectivity index (χ1n) is 8.86. The molecule has 6 nitrogen and oxygen atoms in total. The lowest BCUT2D eigenvalue weighted by Gasteiger charge is -2.34. The van der Waals surface area contributed by atoms with Gasteiger partial charge in [0.15, 0.2) is 0 Å². The molecule has 0 unspecified atom stereocenters. The maximum Gasteiger partial charge on any atom is 0.237 e. The number of nitrogens with one attached hydrogen (secondary N) is 1. The van der Waals surface area contributed by atoms with Crippen molar-refractivity contribution in [1.29, 1.82) is 0 Å². The summed E-state index contributed by atoms with van der Waals surface area (Å²) >= 11 is 1.41. The minimum Gasteiger partial charge on any atom is -0.374 e. The molecule has 0 spiro atoms. The van der Waals surface area contributed by atoms with E-state index in [1.54, 1.807) is 0 Å². The van der Waals surface area contributed by atoms with Crippen LogP contribution in [0, 0.1) is 0 Å². The van der Waals surface area contributed by atoms with Gasteiger partial charge in [0, 0.05) is 19.5 Å². The first-order chi connectivity index (χ1) is 12.2. The van der Waals surface area contributed by atoms with Gasteiger partial charge in [-0.05, 0) is 31.4 Å². The van der Waals surface area contributed by atoms with Crippen molar-refractivity contribution < 1.29 is 4.79 Å². The highest BCUT2D eigenvalue weighted by molar-refractivity contribution is 7.15. The van der Waals surface area contributed by atoms with Gasteiger partial charge in [-0.3, -0.25) is 9.69 Å². The topological polar surface area (TPSA) is 84.1 Å². The van der Waals surface area contributed by atoms with E-state index in [4.69, 9.17) is 5.73 Å². The zero-order valence-electron chi connectivity index (χ0n) is 14.4. The highest BCUT2D eigenvalue weighted by Crippen LogP contribution is 2.20. The van der Waals surface area contributed by atoms with Crippen LogP contribution in [-0.2, 0) is 17.8 Å². The number of aryl methyl sites for hydroxylation is 1. The summed E-state index contributed by atoms with van der Waals surface area (Å²) in [5.41, 5.74) is 6.84. The van der Waals surface area contributed by atoms with E-state index in [1.165, 1.54) is 16.9 Å². The summed E-state index contributed by atoms with van der Waals surface area (Å²) in [6, 6.07) is 10.3. The minimum atomic E-state index is -0.0221. The van der Waals surface area contributed by atoms with E-state index in [0.29, 0.717) is 11.7 Å². The highest BCUT2D eigenvalue weighted by atomic mass is 32.1. The molecule has 7 heteroatoms. The van der Waals surface area contributed by atoms with Gasteiger partial charge in [0.05, 0.1) is 6.04 Å². The van der Waals surface area contributed by atoms with Crippen LogP contribution in [0.2, 0.25) is 0 Å². The van der Waals surface area contributed by atoms with Gasteiger partial charge in [0.2, 0.25) is 11.0 Å². The number of hydrogen-bond donors (Lipinski definition) is 2. The molecule has 1 saturated heterocycles. The van der Waals surface area contributed by atoms with Gasteiger partial charge in [0.25, 0.3) is 0 Å². The molecule has 1 aromatic carbocycles. The van der Waals surface area contributed by atoms with Crippen LogP contribution in [0.1, 0.15) is 36.3 Å². The van der Waals surface area contributed by atoms with Crippen LogP contribution in [0.5, 0.6) is 0 Å². The number of aromatic nitrogens is 2. The van der Waals surface area contributed by atoms with E-state index in [2.05, 4.69) is 44.7 Å². The quantitative estimate of drug-likeness (QED) is 0.741. The number of piperidine rings is 1. The Kier molecular flexibility index (Phi) is 6.36. The fourth-order valence-corrected chi connectivity index (χ4v) is 3.88. The van der Waals surface area contributed by atoms with Gasteiger partial charge in [-0.15, -0.1) is 10.2 Å². The molecule has 134 valence electrons. The molecule has 1 aromatic heterocycles. The number of benzene rings is 1. The highest BCUT2D eigenvalue weighted by Gasteiger charge is 2.28. The Morgan fingerprint density at radius 1 is 1.28 bits per heavy atom. The van der Waals surface area contributed by atoms with Crippen molar-refractivity contribution in [2.75, 3.05) is 18.8 Å². The Labute approximate surface area is 152 Å². The maximum absolute atomic E-state index is 12.6. The summed E-state index contributed by atoms with van der Waals surface area (Å²) in [5, 5.41) is 12.3. The lowest BCUT2D eigenvalue weighted by atomic mass is 10.0. The normalized spacial score (nSPS) is 18.2. The number of nitrogen functional groups attached to an aromatic ring is 1. The van der Waals surface area contributed by atoms with Crippen LogP contribution < -0.4 is 11.1 Å². The monoisotopic (exact) mass is 359 g/mol. The van der Waals surface area contributed by atoms with Crippen molar-refractivity contribution in [3.8, 4) is 0 Å². The summed E-state index contributed by atoms with van der Waals surface area (Å²) < 4.78 is 0. The SMILES string of the molecule is Nc1nnc(CCCNC(=O)[C@@H]2CCCCN2Cc2ccccc2)s1. The molecule has 0 aliphatic carbocycles. The second-order valence-corrected chi connectivity index (χ2v) is 7.49. The van der Waals surface area contributed by atoms with Gasteiger partial charge < -0.3 is 11.1 Å². The smallest absolute Gasteiger partial charge is 0.237 e. The van der Waals surface area contributed by atoms with Crippen LogP contribution in [0.25, 0.3) is 0 Å². The Balaban J connectivity index is 1.47. The molecule has 2 aromatic rings. The lowest BCUT2D eigenvalue weighted by Crippen LogP contribution is -2.49. The van der Waals surface area contributed by atoms with E-state index < -0.39 is 0 Å². The molecule has 1 fully saturated rings. The number of nitrogens with two attached hydrogens (primary N) is 1. The zero-order chi connectivity index (χ0) is 17.5. The Hall–Kier alpha value is -1.99. The number of nitrogens with zero attached hydrogens (tertiary/aromatic N) is 3. The van der Waals surface area contributed by atoms with Gasteiger partial charge in [-0.2, -0.15) is 0 Å². The van der Waals surface area contributed by atoms with Crippen LogP contribution in [0.4, 0.5) is 5.13 Å². The van der Waals surface area contributed by atoms with Crippen molar-refractivity contribution >= 4 is 22.4 Å². The van der Waals surface area contributed by atoms with Crippen molar-refractivity contribution in [2.24, 2.45) is 0 Å². The number of hydrogen-bond acceptors (Lipinski definition) is 6. The predicted molar refractivity (Wildman–Crippen MR) is 100 cm³/mol. The summed E-state index contributed by atoms with van der Waals surface area (Å²) in [5.74, 6) is 0.146. The number of amides is 1. The van der Waals surface area contributed by atoms with E-state index in [1.807, 2.05) is 6.07 Å². The second-order valence-electron chi connectivity index (χ2n) is 6.40. The Bertz CT molecular complexity index is 675. The second kappa shape index (κ2) is 8.92. The Morgan fingerprint density at radius 2 is 2.12 bits per heavy atom. The van der Waals surface area contributed by atoms with Gasteiger partial charge in [-0.25, -0.2) is 0 Å². The third-order valence-corrected chi connectivity index (χ3v) is 5.31. The Morgan fingerprint density at radius 3 is 2.88 bits per heavy atom. The van der Waals surface area contributed by atoms with E-state index in [9.17, 15) is 4.79 Å². The summed E-state index contributed by atoms with van der Waals surface area (Å²) in [6.45, 7) is 2.48. The molecular formula is C18H25N5OS. The standard InChI is InChI=1S/C18H25N5OS/c19-18-22-21-16(25-18)10-6-11-20-17(24)15-9-4-5-12-23(15)13-14-7-2-1-3-8-14/h1-3,7-8,15H,4-6,9-13H2,(H2,19,22)(H,20,24)/t15-/m0/s1. The van der Waals surface area contributed by atoms with E-state index in [0.717, 1.165) is 50.2 Å². The van der Waals surface area contributed by atoms with Crippen molar-refractivity contribution in [2.45, 2.75) is 44.7 Å². The fraction of sp³-hybridized carbons (Fsp3) is 0.500. The zero-order valence-corrected chi connectivity index (χ0v) is 15.2. The third-order valence-electron chi connectivity index (χ3n) is 4.49. The van der Waals surface area contributed by atoms with Crippen LogP contribution in [-0.4, -0.2) is 40.1 Å². The minimum absolute atomic E-state index is 0.0221. The number of carbonyl (C=O) groups excluding carboxylic acids is 1. The molecule has 1 aliphatic rings. The molecule has 0 bridgehead atoms. The third kappa shape index (κ3) is 5.24. The molecule has 0 radical (unpaired) electrons. The molecule has 2 heterocycles. The number of carbonyl (C=O) groups is 1. The van der Waals surface area contributed by atoms with Gasteiger partial charge >= 0.3 is 0 Å². The van der Waals surface area contributed by atoms with Gasteiger partial charge in [0.1, 0.15) is 5.01 Å².